The van der Waals surface area contributed by atoms with Crippen LogP contribution in [0.2, 0.25) is 0 Å². The van der Waals surface area contributed by atoms with Crippen LogP contribution in [0.5, 0.6) is 5.75 Å². The van der Waals surface area contributed by atoms with Gasteiger partial charge in [-0.15, -0.1) is 0 Å². The largest absolute Gasteiger partial charge is 0.497 e. The zero-order valence-electron chi connectivity index (χ0n) is 20.2. The summed E-state index contributed by atoms with van der Waals surface area (Å²) in [4.78, 5) is 32.8. The molecule has 2 aliphatic rings. The van der Waals surface area contributed by atoms with E-state index in [4.69, 9.17) is 4.74 Å². The Kier molecular flexibility index (Phi) is 8.74. The van der Waals surface area contributed by atoms with Gasteiger partial charge in [0.05, 0.1) is 12.7 Å². The second-order valence-corrected chi connectivity index (χ2v) is 9.13. The molecule has 0 N–H and O–H groups in total. The predicted molar refractivity (Wildman–Crippen MR) is 128 cm³/mol. The Morgan fingerprint density at radius 1 is 0.969 bits per heavy atom. The fourth-order valence-corrected chi connectivity index (χ4v) is 4.73. The van der Waals surface area contributed by atoms with E-state index < -0.39 is 0 Å². The highest BCUT2D eigenvalue weighted by molar-refractivity contribution is 6.35. The lowest BCUT2D eigenvalue weighted by atomic mass is 10.00. The fraction of sp³-hybridized carbons (Fsp3) is 0.615. The van der Waals surface area contributed by atoms with E-state index >= 15 is 0 Å². The number of benzene rings is 1. The van der Waals surface area contributed by atoms with Crippen LogP contribution in [0.4, 0.5) is 0 Å². The quantitative estimate of drug-likeness (QED) is 0.381. The van der Waals surface area contributed by atoms with Gasteiger partial charge in [-0.1, -0.05) is 51.2 Å². The van der Waals surface area contributed by atoms with Crippen molar-refractivity contribution < 1.29 is 14.3 Å². The summed E-state index contributed by atoms with van der Waals surface area (Å²) in [5.74, 6) is 0.430. The van der Waals surface area contributed by atoms with Gasteiger partial charge in [0.25, 0.3) is 11.8 Å². The van der Waals surface area contributed by atoms with Crippen LogP contribution in [0, 0.1) is 0 Å². The van der Waals surface area contributed by atoms with Crippen LogP contribution in [0.3, 0.4) is 0 Å². The third-order valence-electron chi connectivity index (χ3n) is 6.85. The number of hydrogen-bond donors (Lipinski definition) is 0. The Balaban J connectivity index is 1.81. The zero-order chi connectivity index (χ0) is 23.1. The second-order valence-electron chi connectivity index (χ2n) is 9.13. The molecule has 6 nitrogen and oxygen atoms in total. The minimum atomic E-state index is -0.163. The van der Waals surface area contributed by atoms with Gasteiger partial charge in [-0.3, -0.25) is 14.5 Å². The molecule has 176 valence electrons. The number of unbranched alkanes of at least 4 members (excludes halogenated alkanes) is 5. The number of hydrogen-bond acceptors (Lipinski definition) is 5. The van der Waals surface area contributed by atoms with E-state index in [1.54, 1.807) is 7.11 Å². The average Bonchev–Trinajstić information content (AvgIpc) is 3.06. The van der Waals surface area contributed by atoms with Crippen LogP contribution in [-0.2, 0) is 9.59 Å². The normalized spacial score (nSPS) is 18.1. The maximum absolute atomic E-state index is 13.5. The SMILES string of the molecule is CCCCCCCCN1C(=O)C(c2ccc(OC)cc2)=C(N(C)C2CCN(C)CC2)C1=O. The zero-order valence-corrected chi connectivity index (χ0v) is 20.2. The third-order valence-corrected chi connectivity index (χ3v) is 6.85. The second kappa shape index (κ2) is 11.5. The summed E-state index contributed by atoms with van der Waals surface area (Å²) < 4.78 is 5.28. The fourth-order valence-electron chi connectivity index (χ4n) is 4.73. The molecule has 0 atom stereocenters. The number of carbonyl (C=O) groups is 2. The van der Waals surface area contributed by atoms with Gasteiger partial charge < -0.3 is 14.5 Å². The number of imide groups is 1. The summed E-state index contributed by atoms with van der Waals surface area (Å²) >= 11 is 0. The van der Waals surface area contributed by atoms with Gasteiger partial charge in [-0.05, 0) is 57.1 Å². The predicted octanol–water partition coefficient (Wildman–Crippen LogP) is 4.16. The first-order chi connectivity index (χ1) is 15.5. The topological polar surface area (TPSA) is 53.1 Å². The van der Waals surface area contributed by atoms with Gasteiger partial charge in [0, 0.05) is 19.6 Å². The number of carbonyl (C=O) groups excluding carboxylic acids is 2. The molecule has 0 radical (unpaired) electrons. The van der Waals surface area contributed by atoms with E-state index in [0.29, 0.717) is 17.8 Å². The molecule has 2 aliphatic heterocycles. The number of amides is 2. The van der Waals surface area contributed by atoms with Crippen molar-refractivity contribution >= 4 is 17.4 Å². The molecule has 2 heterocycles. The Bertz CT molecular complexity index is 810. The molecule has 32 heavy (non-hydrogen) atoms. The highest BCUT2D eigenvalue weighted by atomic mass is 16.5. The van der Waals surface area contributed by atoms with Crippen molar-refractivity contribution in [1.82, 2.24) is 14.7 Å². The van der Waals surface area contributed by atoms with Gasteiger partial charge in [-0.25, -0.2) is 0 Å². The van der Waals surface area contributed by atoms with Crippen molar-refractivity contribution in [3.63, 3.8) is 0 Å². The lowest BCUT2D eigenvalue weighted by molar-refractivity contribution is -0.137. The number of methoxy groups -OCH3 is 1. The van der Waals surface area contributed by atoms with Gasteiger partial charge in [0.1, 0.15) is 11.4 Å². The van der Waals surface area contributed by atoms with Gasteiger partial charge >= 0.3 is 0 Å². The number of likely N-dealkylation sites (N-methyl/N-ethyl adjacent to an activating group) is 1. The molecule has 1 aromatic carbocycles. The average molecular weight is 442 g/mol. The van der Waals surface area contributed by atoms with Gasteiger partial charge in [-0.2, -0.15) is 0 Å². The molecule has 3 rings (SSSR count). The maximum Gasteiger partial charge on any atom is 0.277 e. The van der Waals surface area contributed by atoms with Crippen LogP contribution < -0.4 is 4.74 Å². The maximum atomic E-state index is 13.5. The first kappa shape index (κ1) is 24.3. The molecule has 1 fully saturated rings. The number of nitrogens with zero attached hydrogens (tertiary/aromatic N) is 3. The Hall–Kier alpha value is -2.34. The number of likely N-dealkylation sites (tertiary alicyclic amines) is 1. The molecule has 0 aliphatic carbocycles. The Morgan fingerprint density at radius 3 is 2.22 bits per heavy atom. The lowest BCUT2D eigenvalue weighted by Gasteiger charge is -2.36. The summed E-state index contributed by atoms with van der Waals surface area (Å²) in [7, 11) is 5.74. The number of ether oxygens (including phenoxy) is 1. The third kappa shape index (κ3) is 5.52. The highest BCUT2D eigenvalue weighted by Crippen LogP contribution is 2.34. The van der Waals surface area contributed by atoms with E-state index in [9.17, 15) is 9.59 Å². The van der Waals surface area contributed by atoms with E-state index in [2.05, 4.69) is 23.8 Å². The van der Waals surface area contributed by atoms with Crippen molar-refractivity contribution in [2.45, 2.75) is 64.3 Å². The van der Waals surface area contributed by atoms with Crippen molar-refractivity contribution in [2.75, 3.05) is 40.8 Å². The first-order valence-corrected chi connectivity index (χ1v) is 12.1. The van der Waals surface area contributed by atoms with E-state index in [-0.39, 0.29) is 17.9 Å². The minimum Gasteiger partial charge on any atom is -0.497 e. The van der Waals surface area contributed by atoms with Crippen LogP contribution in [0.25, 0.3) is 5.57 Å². The molecule has 0 unspecified atom stereocenters. The standard InChI is InChI=1S/C26H39N3O3/c1-5-6-7-8-9-10-17-29-25(30)23(20-11-13-22(32-4)14-12-20)24(26(29)31)28(3)21-15-18-27(2)19-16-21/h11-14,21H,5-10,15-19H2,1-4H3. The first-order valence-electron chi connectivity index (χ1n) is 12.1. The number of piperidine rings is 1. The van der Waals surface area contributed by atoms with Gasteiger partial charge in [0.2, 0.25) is 0 Å². The molecule has 6 heteroatoms. The Morgan fingerprint density at radius 2 is 1.59 bits per heavy atom. The van der Waals surface area contributed by atoms with Crippen molar-refractivity contribution in [3.8, 4) is 5.75 Å². The lowest BCUT2D eigenvalue weighted by Crippen LogP contribution is -2.43. The molecule has 0 saturated carbocycles. The van der Waals surface area contributed by atoms with Crippen LogP contribution in [0.1, 0.15) is 63.9 Å². The molecular weight excluding hydrogens is 402 g/mol. The highest BCUT2D eigenvalue weighted by Gasteiger charge is 2.42. The molecule has 0 bridgehead atoms. The molecule has 2 amide bonds. The van der Waals surface area contributed by atoms with Crippen LogP contribution in [0.15, 0.2) is 30.0 Å². The van der Waals surface area contributed by atoms with Crippen LogP contribution >= 0.6 is 0 Å². The Labute approximate surface area is 193 Å². The monoisotopic (exact) mass is 441 g/mol. The summed E-state index contributed by atoms with van der Waals surface area (Å²) in [5.41, 5.74) is 1.87. The summed E-state index contributed by atoms with van der Waals surface area (Å²) in [6.45, 7) is 4.71. The van der Waals surface area contributed by atoms with Gasteiger partial charge in [0.15, 0.2) is 0 Å². The van der Waals surface area contributed by atoms with Crippen molar-refractivity contribution in [1.29, 1.82) is 0 Å². The molecular formula is C26H39N3O3. The van der Waals surface area contributed by atoms with E-state index in [1.165, 1.54) is 24.2 Å². The summed E-state index contributed by atoms with van der Waals surface area (Å²) in [6, 6.07) is 7.74. The molecule has 0 aromatic heterocycles. The van der Waals surface area contributed by atoms with E-state index in [0.717, 1.165) is 56.5 Å². The summed E-state index contributed by atoms with van der Waals surface area (Å²) in [6.07, 6.45) is 8.73. The van der Waals surface area contributed by atoms with E-state index in [1.807, 2.05) is 31.3 Å². The van der Waals surface area contributed by atoms with Crippen molar-refractivity contribution in [3.05, 3.63) is 35.5 Å². The van der Waals surface area contributed by atoms with Crippen molar-refractivity contribution in [2.24, 2.45) is 0 Å². The molecule has 1 aromatic rings. The smallest absolute Gasteiger partial charge is 0.277 e. The number of rotatable bonds is 11. The molecule has 1 saturated heterocycles. The molecule has 0 spiro atoms. The van der Waals surface area contributed by atoms with Crippen LogP contribution in [-0.4, -0.2) is 73.4 Å². The summed E-state index contributed by atoms with van der Waals surface area (Å²) in [5, 5.41) is 0. The minimum absolute atomic E-state index is 0.143.